The van der Waals surface area contributed by atoms with Crippen molar-refractivity contribution in [3.63, 3.8) is 0 Å². The molecule has 0 unspecified atom stereocenters. The van der Waals surface area contributed by atoms with Crippen molar-refractivity contribution in [1.82, 2.24) is 24.9 Å². The first-order valence-electron chi connectivity index (χ1n) is 10.5. The van der Waals surface area contributed by atoms with Crippen LogP contribution in [0.5, 0.6) is 0 Å². The number of likely N-dealkylation sites (tertiary alicyclic amines) is 1. The molecule has 0 aliphatic carbocycles. The van der Waals surface area contributed by atoms with Gasteiger partial charge in [-0.25, -0.2) is 0 Å². The van der Waals surface area contributed by atoms with Gasteiger partial charge < -0.3 is 4.90 Å². The minimum atomic E-state index is 0.130. The van der Waals surface area contributed by atoms with E-state index in [0.717, 1.165) is 60.2 Å². The number of aryl methyl sites for hydroxylation is 1. The summed E-state index contributed by atoms with van der Waals surface area (Å²) in [7, 11) is 1.86. The Morgan fingerprint density at radius 3 is 2.86 bits per heavy atom. The highest BCUT2D eigenvalue weighted by Crippen LogP contribution is 2.24. The molecular formula is C23H29N5O. The molecule has 152 valence electrons. The first kappa shape index (κ1) is 19.7. The SMILES string of the molecule is CC(C)CN1CCC[C@@H](C(=O)Cc2cc3cc(-c4cn(C)nn4)ccc3cn2)C1. The van der Waals surface area contributed by atoms with Crippen LogP contribution in [0.1, 0.15) is 32.4 Å². The molecule has 0 radical (unpaired) electrons. The lowest BCUT2D eigenvalue weighted by atomic mass is 9.90. The molecular weight excluding hydrogens is 362 g/mol. The van der Waals surface area contributed by atoms with E-state index in [2.05, 4.69) is 40.1 Å². The Kier molecular flexibility index (Phi) is 5.72. The van der Waals surface area contributed by atoms with E-state index in [1.807, 2.05) is 37.6 Å². The predicted molar refractivity (Wildman–Crippen MR) is 114 cm³/mol. The molecule has 0 amide bonds. The van der Waals surface area contributed by atoms with Gasteiger partial charge in [0.15, 0.2) is 0 Å². The molecule has 3 heterocycles. The van der Waals surface area contributed by atoms with Gasteiger partial charge in [-0.2, -0.15) is 0 Å². The number of hydrogen-bond donors (Lipinski definition) is 0. The molecule has 1 fully saturated rings. The van der Waals surface area contributed by atoms with Gasteiger partial charge in [0, 0.05) is 55.3 Å². The van der Waals surface area contributed by atoms with Gasteiger partial charge in [0.25, 0.3) is 0 Å². The maximum Gasteiger partial charge on any atom is 0.143 e. The summed E-state index contributed by atoms with van der Waals surface area (Å²) in [4.78, 5) is 19.9. The number of carbonyl (C=O) groups is 1. The average Bonchev–Trinajstić information content (AvgIpc) is 3.13. The van der Waals surface area contributed by atoms with Gasteiger partial charge in [-0.15, -0.1) is 5.10 Å². The zero-order chi connectivity index (χ0) is 20.4. The fourth-order valence-electron chi connectivity index (χ4n) is 4.25. The Labute approximate surface area is 171 Å². The summed E-state index contributed by atoms with van der Waals surface area (Å²) in [6, 6.07) is 8.22. The Morgan fingerprint density at radius 2 is 2.10 bits per heavy atom. The van der Waals surface area contributed by atoms with Crippen molar-refractivity contribution in [1.29, 1.82) is 0 Å². The summed E-state index contributed by atoms with van der Waals surface area (Å²) in [5.41, 5.74) is 2.71. The highest BCUT2D eigenvalue weighted by molar-refractivity contribution is 5.88. The molecule has 0 N–H and O–H groups in total. The van der Waals surface area contributed by atoms with Crippen LogP contribution in [0.4, 0.5) is 0 Å². The number of rotatable bonds is 6. The molecule has 0 spiro atoms. The van der Waals surface area contributed by atoms with Crippen molar-refractivity contribution in [2.24, 2.45) is 18.9 Å². The van der Waals surface area contributed by atoms with Gasteiger partial charge in [-0.3, -0.25) is 14.5 Å². The second-order valence-electron chi connectivity index (χ2n) is 8.65. The van der Waals surface area contributed by atoms with Crippen LogP contribution in [-0.2, 0) is 18.3 Å². The number of aromatic nitrogens is 4. The number of Topliss-reactive ketones (excluding diaryl/α,β-unsaturated/α-hetero) is 1. The molecule has 6 nitrogen and oxygen atoms in total. The second kappa shape index (κ2) is 8.41. The molecule has 29 heavy (non-hydrogen) atoms. The normalized spacial score (nSPS) is 17.9. The molecule has 1 aromatic carbocycles. The third-order valence-electron chi connectivity index (χ3n) is 5.62. The fourth-order valence-corrected chi connectivity index (χ4v) is 4.25. The van der Waals surface area contributed by atoms with Crippen LogP contribution in [-0.4, -0.2) is 50.3 Å². The smallest absolute Gasteiger partial charge is 0.143 e. The lowest BCUT2D eigenvalue weighted by Gasteiger charge is -2.33. The molecule has 1 atom stereocenters. The largest absolute Gasteiger partial charge is 0.302 e. The van der Waals surface area contributed by atoms with Crippen molar-refractivity contribution in [3.05, 3.63) is 42.4 Å². The molecule has 1 saturated heterocycles. The number of pyridine rings is 1. The van der Waals surface area contributed by atoms with Gasteiger partial charge in [-0.05, 0) is 42.8 Å². The summed E-state index contributed by atoms with van der Waals surface area (Å²) in [5, 5.41) is 10.3. The number of nitrogens with zero attached hydrogens (tertiary/aromatic N) is 5. The van der Waals surface area contributed by atoms with Crippen molar-refractivity contribution in [2.45, 2.75) is 33.1 Å². The molecule has 1 aliphatic rings. The Hall–Kier alpha value is -2.60. The van der Waals surface area contributed by atoms with Crippen molar-refractivity contribution >= 4 is 16.6 Å². The lowest BCUT2D eigenvalue weighted by Crippen LogP contribution is -2.40. The number of benzene rings is 1. The number of piperidine rings is 1. The first-order valence-corrected chi connectivity index (χ1v) is 10.5. The summed E-state index contributed by atoms with van der Waals surface area (Å²) in [5.74, 6) is 1.08. The molecule has 0 saturated carbocycles. The van der Waals surface area contributed by atoms with Crippen LogP contribution in [0.3, 0.4) is 0 Å². The molecule has 4 rings (SSSR count). The topological polar surface area (TPSA) is 63.9 Å². The maximum absolute atomic E-state index is 12.9. The third-order valence-corrected chi connectivity index (χ3v) is 5.62. The molecule has 6 heteroatoms. The summed E-state index contributed by atoms with van der Waals surface area (Å²) in [6.45, 7) is 7.55. The van der Waals surface area contributed by atoms with Crippen molar-refractivity contribution < 1.29 is 4.79 Å². The highest BCUT2D eigenvalue weighted by atomic mass is 16.1. The molecule has 1 aliphatic heterocycles. The Balaban J connectivity index is 1.49. The van der Waals surface area contributed by atoms with Gasteiger partial charge >= 0.3 is 0 Å². The number of ketones is 1. The predicted octanol–water partition coefficient (Wildman–Crippen LogP) is 3.51. The van der Waals surface area contributed by atoms with Crippen LogP contribution in [0.15, 0.2) is 36.7 Å². The third kappa shape index (κ3) is 4.70. The van der Waals surface area contributed by atoms with E-state index in [1.165, 1.54) is 0 Å². The van der Waals surface area contributed by atoms with Crippen LogP contribution in [0, 0.1) is 11.8 Å². The fraction of sp³-hybridized carbons (Fsp3) is 0.478. The number of carbonyl (C=O) groups excluding carboxylic acids is 1. The highest BCUT2D eigenvalue weighted by Gasteiger charge is 2.26. The minimum Gasteiger partial charge on any atom is -0.302 e. The van der Waals surface area contributed by atoms with Crippen LogP contribution in [0.25, 0.3) is 22.0 Å². The zero-order valence-corrected chi connectivity index (χ0v) is 17.5. The van der Waals surface area contributed by atoms with E-state index in [4.69, 9.17) is 0 Å². The molecule has 3 aromatic rings. The Morgan fingerprint density at radius 1 is 1.24 bits per heavy atom. The second-order valence-corrected chi connectivity index (χ2v) is 8.65. The van der Waals surface area contributed by atoms with Gasteiger partial charge in [-0.1, -0.05) is 31.2 Å². The van der Waals surface area contributed by atoms with Crippen LogP contribution >= 0.6 is 0 Å². The number of fused-ring (bicyclic) bond motifs is 1. The molecule has 0 bridgehead atoms. The molecule has 2 aromatic heterocycles. The quantitative estimate of drug-likeness (QED) is 0.643. The lowest BCUT2D eigenvalue weighted by molar-refractivity contribution is -0.124. The van der Waals surface area contributed by atoms with E-state index in [-0.39, 0.29) is 5.92 Å². The summed E-state index contributed by atoms with van der Waals surface area (Å²) < 4.78 is 1.70. The van der Waals surface area contributed by atoms with Crippen molar-refractivity contribution in [3.8, 4) is 11.3 Å². The van der Waals surface area contributed by atoms with E-state index in [0.29, 0.717) is 18.1 Å². The average molecular weight is 392 g/mol. The number of hydrogen-bond acceptors (Lipinski definition) is 5. The summed E-state index contributed by atoms with van der Waals surface area (Å²) in [6.07, 6.45) is 6.28. The van der Waals surface area contributed by atoms with Crippen LogP contribution < -0.4 is 0 Å². The monoisotopic (exact) mass is 391 g/mol. The first-order chi connectivity index (χ1) is 14.0. The maximum atomic E-state index is 12.9. The van der Waals surface area contributed by atoms with Crippen molar-refractivity contribution in [2.75, 3.05) is 19.6 Å². The van der Waals surface area contributed by atoms with E-state index < -0.39 is 0 Å². The minimum absolute atomic E-state index is 0.130. The van der Waals surface area contributed by atoms with E-state index >= 15 is 0 Å². The van der Waals surface area contributed by atoms with Gasteiger partial charge in [0.2, 0.25) is 0 Å². The standard InChI is InChI=1S/C23H29N5O/c1-16(2)13-28-8-4-5-19(14-28)23(29)11-21-10-20-9-17(6-7-18(20)12-24-21)22-15-27(3)26-25-22/h6-7,9-10,12,15-16,19H,4-5,8,11,13-14H2,1-3H3/t19-/m1/s1. The van der Waals surface area contributed by atoms with E-state index in [1.54, 1.807) is 4.68 Å². The van der Waals surface area contributed by atoms with Gasteiger partial charge in [0.1, 0.15) is 11.5 Å². The van der Waals surface area contributed by atoms with E-state index in [9.17, 15) is 4.79 Å². The van der Waals surface area contributed by atoms with Crippen LogP contribution in [0.2, 0.25) is 0 Å². The van der Waals surface area contributed by atoms with Gasteiger partial charge in [0.05, 0.1) is 6.20 Å². The Bertz CT molecular complexity index is 1010. The zero-order valence-electron chi connectivity index (χ0n) is 17.5. The summed E-state index contributed by atoms with van der Waals surface area (Å²) >= 11 is 0.